The van der Waals surface area contributed by atoms with Gasteiger partial charge in [0.05, 0.1) is 0 Å². The van der Waals surface area contributed by atoms with Crippen LogP contribution in [0.4, 0.5) is 0 Å². The van der Waals surface area contributed by atoms with Crippen LogP contribution in [0.1, 0.15) is 13.8 Å². The maximum absolute atomic E-state index is 5.42. The summed E-state index contributed by atoms with van der Waals surface area (Å²) in [5.41, 5.74) is 1.75. The van der Waals surface area contributed by atoms with Crippen molar-refractivity contribution in [2.24, 2.45) is 0 Å². The number of hydrogen-bond donors (Lipinski definition) is 0. The normalized spacial score (nSPS) is 13.3. The molecule has 3 heteroatoms. The Hall–Kier alpha value is 0.470. The first-order valence-corrected chi connectivity index (χ1v) is 5.13. The maximum Gasteiger partial charge on any atom is 0.0250 e. The standard InChI is InChI=1S/C8H15BrClN/c1-8(2,7-9)11(3)6-4-5-10/h4-5H,6-7H2,1-3H3/b5-4+. The number of rotatable bonds is 4. The van der Waals surface area contributed by atoms with E-state index in [0.29, 0.717) is 0 Å². The van der Waals surface area contributed by atoms with E-state index in [1.807, 2.05) is 6.08 Å². The molecular weight excluding hydrogens is 225 g/mol. The van der Waals surface area contributed by atoms with Crippen LogP contribution in [0.2, 0.25) is 0 Å². The van der Waals surface area contributed by atoms with Gasteiger partial charge >= 0.3 is 0 Å². The summed E-state index contributed by atoms with van der Waals surface area (Å²) in [5, 5.41) is 0.965. The smallest absolute Gasteiger partial charge is 0.0250 e. The van der Waals surface area contributed by atoms with Crippen molar-refractivity contribution in [2.75, 3.05) is 18.9 Å². The van der Waals surface area contributed by atoms with E-state index in [1.54, 1.807) is 5.54 Å². The molecule has 66 valence electrons. The van der Waals surface area contributed by atoms with Gasteiger partial charge < -0.3 is 0 Å². The largest absolute Gasteiger partial charge is 0.297 e. The molecule has 0 atom stereocenters. The minimum atomic E-state index is 0.191. The third kappa shape index (κ3) is 4.14. The van der Waals surface area contributed by atoms with E-state index in [1.165, 1.54) is 0 Å². The molecule has 0 aliphatic carbocycles. The van der Waals surface area contributed by atoms with Crippen molar-refractivity contribution in [3.05, 3.63) is 11.6 Å². The monoisotopic (exact) mass is 239 g/mol. The SMILES string of the molecule is CN(C/C=C/Cl)C(C)(C)CBr. The Balaban J connectivity index is 3.90. The van der Waals surface area contributed by atoms with E-state index in [0.717, 1.165) is 11.9 Å². The molecule has 0 fully saturated rings. The van der Waals surface area contributed by atoms with Gasteiger partial charge in [0.25, 0.3) is 0 Å². The Morgan fingerprint density at radius 2 is 2.09 bits per heavy atom. The summed E-state index contributed by atoms with van der Waals surface area (Å²) >= 11 is 8.88. The van der Waals surface area contributed by atoms with Gasteiger partial charge in [-0.05, 0) is 20.9 Å². The summed E-state index contributed by atoms with van der Waals surface area (Å²) in [5.74, 6) is 0. The van der Waals surface area contributed by atoms with Gasteiger partial charge in [-0.1, -0.05) is 33.6 Å². The van der Waals surface area contributed by atoms with Crippen molar-refractivity contribution in [1.82, 2.24) is 4.90 Å². The third-order valence-electron chi connectivity index (χ3n) is 1.83. The first-order valence-electron chi connectivity index (χ1n) is 3.57. The van der Waals surface area contributed by atoms with Gasteiger partial charge in [-0.3, -0.25) is 4.90 Å². The second kappa shape index (κ2) is 5.18. The first-order chi connectivity index (χ1) is 5.04. The Labute approximate surface area is 82.5 Å². The van der Waals surface area contributed by atoms with Gasteiger partial charge in [0.1, 0.15) is 0 Å². The van der Waals surface area contributed by atoms with E-state index in [9.17, 15) is 0 Å². The highest BCUT2D eigenvalue weighted by molar-refractivity contribution is 9.09. The average Bonchev–Trinajstić information content (AvgIpc) is 2.00. The molecule has 0 bridgehead atoms. The molecule has 1 nitrogen and oxygen atoms in total. The second-order valence-electron chi connectivity index (χ2n) is 3.19. The molecule has 0 saturated heterocycles. The Bertz CT molecular complexity index is 134. The van der Waals surface area contributed by atoms with E-state index in [-0.39, 0.29) is 5.54 Å². The summed E-state index contributed by atoms with van der Waals surface area (Å²) in [6.45, 7) is 5.26. The highest BCUT2D eigenvalue weighted by Crippen LogP contribution is 2.14. The van der Waals surface area contributed by atoms with Gasteiger partial charge in [0.2, 0.25) is 0 Å². The van der Waals surface area contributed by atoms with Crippen molar-refractivity contribution in [3.63, 3.8) is 0 Å². The number of nitrogens with zero attached hydrogens (tertiary/aromatic N) is 1. The Morgan fingerprint density at radius 1 is 1.55 bits per heavy atom. The second-order valence-corrected chi connectivity index (χ2v) is 4.00. The Morgan fingerprint density at radius 3 is 2.45 bits per heavy atom. The van der Waals surface area contributed by atoms with Gasteiger partial charge in [0, 0.05) is 22.9 Å². The maximum atomic E-state index is 5.42. The lowest BCUT2D eigenvalue weighted by Crippen LogP contribution is -2.42. The summed E-state index contributed by atoms with van der Waals surface area (Å²) in [6, 6.07) is 0. The van der Waals surface area contributed by atoms with Crippen LogP contribution < -0.4 is 0 Å². The van der Waals surface area contributed by atoms with Crippen LogP contribution in [0, 0.1) is 0 Å². The van der Waals surface area contributed by atoms with Crippen LogP contribution >= 0.6 is 27.5 Å². The van der Waals surface area contributed by atoms with E-state index >= 15 is 0 Å². The zero-order valence-corrected chi connectivity index (χ0v) is 9.61. The summed E-state index contributed by atoms with van der Waals surface area (Å²) in [6.07, 6.45) is 1.94. The van der Waals surface area contributed by atoms with Gasteiger partial charge in [0.15, 0.2) is 0 Å². The lowest BCUT2D eigenvalue weighted by molar-refractivity contribution is 0.202. The summed E-state index contributed by atoms with van der Waals surface area (Å²) in [7, 11) is 2.08. The molecule has 0 spiro atoms. The highest BCUT2D eigenvalue weighted by atomic mass is 79.9. The van der Waals surface area contributed by atoms with Gasteiger partial charge in [-0.2, -0.15) is 0 Å². The molecule has 0 aromatic heterocycles. The van der Waals surface area contributed by atoms with Crippen molar-refractivity contribution in [2.45, 2.75) is 19.4 Å². The predicted octanol–water partition coefficient (Wildman–Crippen LogP) is 2.84. The lowest BCUT2D eigenvalue weighted by atomic mass is 10.1. The van der Waals surface area contributed by atoms with Crippen LogP contribution in [-0.2, 0) is 0 Å². The van der Waals surface area contributed by atoms with Crippen LogP contribution in [0.5, 0.6) is 0 Å². The first kappa shape index (κ1) is 11.5. The number of halogens is 2. The van der Waals surface area contributed by atoms with Crippen molar-refractivity contribution in [1.29, 1.82) is 0 Å². The van der Waals surface area contributed by atoms with E-state index < -0.39 is 0 Å². The number of likely N-dealkylation sites (N-methyl/N-ethyl adjacent to an activating group) is 1. The minimum Gasteiger partial charge on any atom is -0.297 e. The summed E-state index contributed by atoms with van der Waals surface area (Å²) < 4.78 is 0. The zero-order valence-electron chi connectivity index (χ0n) is 7.27. The van der Waals surface area contributed by atoms with E-state index in [2.05, 4.69) is 41.7 Å². The lowest BCUT2D eigenvalue weighted by Gasteiger charge is -2.32. The average molecular weight is 241 g/mol. The van der Waals surface area contributed by atoms with Gasteiger partial charge in [-0.25, -0.2) is 0 Å². The summed E-state index contributed by atoms with van der Waals surface area (Å²) in [4.78, 5) is 2.24. The van der Waals surface area contributed by atoms with Gasteiger partial charge in [-0.15, -0.1) is 0 Å². The topological polar surface area (TPSA) is 3.24 Å². The molecule has 0 saturated carbocycles. The molecular formula is C8H15BrClN. The number of alkyl halides is 1. The Kier molecular flexibility index (Phi) is 5.40. The predicted molar refractivity (Wildman–Crippen MR) is 55.5 cm³/mol. The quantitative estimate of drug-likeness (QED) is 0.683. The molecule has 0 aliphatic heterocycles. The van der Waals surface area contributed by atoms with Crippen LogP contribution in [-0.4, -0.2) is 29.4 Å². The van der Waals surface area contributed by atoms with Crippen LogP contribution in [0.3, 0.4) is 0 Å². The van der Waals surface area contributed by atoms with Crippen molar-refractivity contribution in [3.8, 4) is 0 Å². The fourth-order valence-corrected chi connectivity index (χ4v) is 1.05. The molecule has 0 rings (SSSR count). The molecule has 0 aromatic rings. The third-order valence-corrected chi connectivity index (χ3v) is 3.38. The molecule has 0 radical (unpaired) electrons. The fraction of sp³-hybridized carbons (Fsp3) is 0.750. The molecule has 0 N–H and O–H groups in total. The molecule has 0 aromatic carbocycles. The van der Waals surface area contributed by atoms with E-state index in [4.69, 9.17) is 11.6 Å². The minimum absolute atomic E-state index is 0.191. The van der Waals surface area contributed by atoms with Crippen molar-refractivity contribution < 1.29 is 0 Å². The van der Waals surface area contributed by atoms with Crippen molar-refractivity contribution >= 4 is 27.5 Å². The molecule has 0 aliphatic rings. The molecule has 0 heterocycles. The van der Waals surface area contributed by atoms with Crippen LogP contribution in [0.25, 0.3) is 0 Å². The fourth-order valence-electron chi connectivity index (χ4n) is 0.547. The zero-order chi connectivity index (χ0) is 8.91. The molecule has 11 heavy (non-hydrogen) atoms. The highest BCUT2D eigenvalue weighted by Gasteiger charge is 2.20. The molecule has 0 unspecified atom stereocenters. The van der Waals surface area contributed by atoms with Crippen LogP contribution in [0.15, 0.2) is 11.6 Å². The number of hydrogen-bond acceptors (Lipinski definition) is 1. The molecule has 0 amide bonds.